The van der Waals surface area contributed by atoms with E-state index in [1.54, 1.807) is 0 Å². The zero-order valence-corrected chi connectivity index (χ0v) is 17.9. The van der Waals surface area contributed by atoms with Gasteiger partial charge in [0, 0.05) is 17.9 Å². The Labute approximate surface area is 184 Å². The fraction of sp³-hybridized carbons (Fsp3) is 0.435. The van der Waals surface area contributed by atoms with E-state index in [0.29, 0.717) is 11.8 Å². The Morgan fingerprint density at radius 3 is 2.69 bits per heavy atom. The van der Waals surface area contributed by atoms with E-state index in [4.69, 9.17) is 4.74 Å². The van der Waals surface area contributed by atoms with E-state index in [1.165, 1.54) is 30.5 Å². The van der Waals surface area contributed by atoms with Crippen molar-refractivity contribution < 1.29 is 27.5 Å². The average Bonchev–Trinajstić information content (AvgIpc) is 2.75. The third-order valence-corrected chi connectivity index (χ3v) is 5.87. The summed E-state index contributed by atoms with van der Waals surface area (Å²) >= 11 is 0. The summed E-state index contributed by atoms with van der Waals surface area (Å²) in [5.74, 6) is -0.304. The van der Waals surface area contributed by atoms with Gasteiger partial charge in [0.1, 0.15) is 11.4 Å². The Hall–Kier alpha value is -3.10. The van der Waals surface area contributed by atoms with Crippen molar-refractivity contribution in [2.45, 2.75) is 45.3 Å². The highest BCUT2D eigenvalue weighted by Gasteiger charge is 2.31. The molecule has 3 atom stereocenters. The van der Waals surface area contributed by atoms with E-state index < -0.39 is 24.3 Å². The standard InChI is InChI=1S/C23H26F3N3O3/c1-14-6-3-10-19(15(14)2)29-20(30)13-32-22(31)18-9-5-11-27-21(18)28-17-8-4-7-16(12-17)23(24,25)26/h4-5,7-9,11-12,14-15,19H,3,6,10,13H2,1-2H3,(H,27,28)(H,29,30)/t14-,15+,19+/m0/s1. The fourth-order valence-electron chi connectivity index (χ4n) is 3.82. The molecule has 1 aliphatic rings. The number of nitrogens with one attached hydrogen (secondary N) is 2. The molecule has 172 valence electrons. The Morgan fingerprint density at radius 1 is 1.16 bits per heavy atom. The van der Waals surface area contributed by atoms with Crippen LogP contribution in [0.3, 0.4) is 0 Å². The summed E-state index contributed by atoms with van der Waals surface area (Å²) in [6.07, 6.45) is -0.0455. The molecule has 0 unspecified atom stereocenters. The summed E-state index contributed by atoms with van der Waals surface area (Å²) in [6, 6.07) is 7.52. The van der Waals surface area contributed by atoms with E-state index in [0.717, 1.165) is 31.4 Å². The van der Waals surface area contributed by atoms with Gasteiger partial charge in [-0.05, 0) is 48.6 Å². The molecule has 0 saturated heterocycles. The molecule has 1 amide bonds. The molecule has 0 radical (unpaired) electrons. The van der Waals surface area contributed by atoms with Crippen molar-refractivity contribution in [1.29, 1.82) is 0 Å². The number of ether oxygens (including phenoxy) is 1. The number of hydrogen-bond acceptors (Lipinski definition) is 5. The van der Waals surface area contributed by atoms with Crippen LogP contribution in [-0.4, -0.2) is 29.5 Å². The molecule has 2 N–H and O–H groups in total. The molecule has 9 heteroatoms. The largest absolute Gasteiger partial charge is 0.452 e. The van der Waals surface area contributed by atoms with Gasteiger partial charge in [0.15, 0.2) is 6.61 Å². The number of nitrogens with zero attached hydrogens (tertiary/aromatic N) is 1. The maximum absolute atomic E-state index is 12.9. The SMILES string of the molecule is C[C@@H]1[C@@H](C)CCC[C@H]1NC(=O)COC(=O)c1cccnc1Nc1cccc(C(F)(F)F)c1. The first-order valence-corrected chi connectivity index (χ1v) is 10.5. The summed E-state index contributed by atoms with van der Waals surface area (Å²) in [6.45, 7) is 3.81. The average molecular weight is 449 g/mol. The van der Waals surface area contributed by atoms with Gasteiger partial charge in [-0.15, -0.1) is 0 Å². The lowest BCUT2D eigenvalue weighted by atomic mass is 9.78. The van der Waals surface area contributed by atoms with Gasteiger partial charge in [0.2, 0.25) is 0 Å². The van der Waals surface area contributed by atoms with Crippen molar-refractivity contribution in [3.8, 4) is 0 Å². The highest BCUT2D eigenvalue weighted by molar-refractivity contribution is 5.96. The molecule has 2 aromatic rings. The Kier molecular flexibility index (Phi) is 7.37. The van der Waals surface area contributed by atoms with Crippen LogP contribution in [0.4, 0.5) is 24.7 Å². The second-order valence-corrected chi connectivity index (χ2v) is 8.12. The third-order valence-electron chi connectivity index (χ3n) is 5.87. The second-order valence-electron chi connectivity index (χ2n) is 8.12. The minimum atomic E-state index is -4.50. The predicted molar refractivity (Wildman–Crippen MR) is 113 cm³/mol. The minimum absolute atomic E-state index is 0.0115. The first-order valence-electron chi connectivity index (χ1n) is 10.5. The zero-order chi connectivity index (χ0) is 23.3. The van der Waals surface area contributed by atoms with Crippen LogP contribution in [0, 0.1) is 11.8 Å². The van der Waals surface area contributed by atoms with Crippen molar-refractivity contribution in [2.75, 3.05) is 11.9 Å². The molecule has 3 rings (SSSR count). The monoisotopic (exact) mass is 449 g/mol. The van der Waals surface area contributed by atoms with E-state index in [1.807, 2.05) is 0 Å². The van der Waals surface area contributed by atoms with E-state index in [-0.39, 0.29) is 29.0 Å². The van der Waals surface area contributed by atoms with Crippen molar-refractivity contribution >= 4 is 23.4 Å². The molecular formula is C23H26F3N3O3. The lowest BCUT2D eigenvalue weighted by Gasteiger charge is -2.34. The first-order chi connectivity index (χ1) is 15.1. The zero-order valence-electron chi connectivity index (χ0n) is 17.9. The number of carbonyl (C=O) groups is 2. The van der Waals surface area contributed by atoms with Gasteiger partial charge >= 0.3 is 12.1 Å². The van der Waals surface area contributed by atoms with E-state index in [9.17, 15) is 22.8 Å². The molecule has 1 aromatic heterocycles. The van der Waals surface area contributed by atoms with Crippen molar-refractivity contribution in [1.82, 2.24) is 10.3 Å². The van der Waals surface area contributed by atoms with Crippen LogP contribution in [0.5, 0.6) is 0 Å². The Bertz CT molecular complexity index is 965. The number of carbonyl (C=O) groups excluding carboxylic acids is 2. The normalized spacial score (nSPS) is 21.0. The van der Waals surface area contributed by atoms with Crippen LogP contribution in [0.15, 0.2) is 42.6 Å². The molecule has 6 nitrogen and oxygen atoms in total. The number of halogens is 3. The maximum atomic E-state index is 12.9. The number of benzene rings is 1. The van der Waals surface area contributed by atoms with Gasteiger partial charge in [-0.1, -0.05) is 32.8 Å². The van der Waals surface area contributed by atoms with Crippen molar-refractivity contribution in [3.05, 3.63) is 53.7 Å². The number of pyridine rings is 1. The van der Waals surface area contributed by atoms with Crippen LogP contribution in [-0.2, 0) is 15.7 Å². The summed E-state index contributed by atoms with van der Waals surface area (Å²) in [7, 11) is 0. The highest BCUT2D eigenvalue weighted by Crippen LogP contribution is 2.32. The van der Waals surface area contributed by atoms with Crippen molar-refractivity contribution in [3.63, 3.8) is 0 Å². The van der Waals surface area contributed by atoms with Gasteiger partial charge in [0.25, 0.3) is 5.91 Å². The highest BCUT2D eigenvalue weighted by atomic mass is 19.4. The van der Waals surface area contributed by atoms with Gasteiger partial charge < -0.3 is 15.4 Å². The lowest BCUT2D eigenvalue weighted by Crippen LogP contribution is -2.45. The summed E-state index contributed by atoms with van der Waals surface area (Å²) < 4.78 is 44.0. The molecular weight excluding hydrogens is 423 g/mol. The smallest absolute Gasteiger partial charge is 0.416 e. The third kappa shape index (κ3) is 5.99. The number of esters is 1. The summed E-state index contributed by atoms with van der Waals surface area (Å²) in [4.78, 5) is 28.8. The van der Waals surface area contributed by atoms with Crippen molar-refractivity contribution in [2.24, 2.45) is 11.8 Å². The van der Waals surface area contributed by atoms with Gasteiger partial charge in [-0.25, -0.2) is 9.78 Å². The predicted octanol–water partition coefficient (Wildman–Crippen LogP) is 4.94. The summed E-state index contributed by atoms with van der Waals surface area (Å²) in [5.41, 5.74) is -0.700. The van der Waals surface area contributed by atoms with Gasteiger partial charge in [-0.2, -0.15) is 13.2 Å². The number of alkyl halides is 3. The molecule has 32 heavy (non-hydrogen) atoms. The topological polar surface area (TPSA) is 80.3 Å². The summed E-state index contributed by atoms with van der Waals surface area (Å²) in [5, 5.41) is 5.64. The Morgan fingerprint density at radius 2 is 1.94 bits per heavy atom. The molecule has 1 fully saturated rings. The lowest BCUT2D eigenvalue weighted by molar-refractivity contribution is -0.137. The quantitative estimate of drug-likeness (QED) is 0.611. The van der Waals surface area contributed by atoms with E-state index in [2.05, 4.69) is 29.5 Å². The fourth-order valence-corrected chi connectivity index (χ4v) is 3.82. The first kappa shape index (κ1) is 23.6. The van der Waals surface area contributed by atoms with Crippen LogP contribution in [0.25, 0.3) is 0 Å². The van der Waals surface area contributed by atoms with Gasteiger partial charge in [-0.3, -0.25) is 4.79 Å². The molecule has 0 spiro atoms. The van der Waals surface area contributed by atoms with Gasteiger partial charge in [0.05, 0.1) is 5.56 Å². The van der Waals surface area contributed by atoms with Crippen LogP contribution in [0.1, 0.15) is 49.0 Å². The van der Waals surface area contributed by atoms with Crippen LogP contribution < -0.4 is 10.6 Å². The number of hydrogen-bond donors (Lipinski definition) is 2. The van der Waals surface area contributed by atoms with Crippen LogP contribution in [0.2, 0.25) is 0 Å². The minimum Gasteiger partial charge on any atom is -0.452 e. The molecule has 1 aliphatic carbocycles. The van der Waals surface area contributed by atoms with E-state index >= 15 is 0 Å². The number of rotatable bonds is 6. The van der Waals surface area contributed by atoms with Crippen LogP contribution >= 0.6 is 0 Å². The number of amides is 1. The number of aromatic nitrogens is 1. The Balaban J connectivity index is 1.63. The number of anilines is 2. The molecule has 1 saturated carbocycles. The molecule has 1 heterocycles. The molecule has 0 aliphatic heterocycles. The molecule has 1 aromatic carbocycles. The maximum Gasteiger partial charge on any atom is 0.416 e. The second kappa shape index (κ2) is 10.0. The molecule has 0 bridgehead atoms.